The van der Waals surface area contributed by atoms with E-state index in [-0.39, 0.29) is 22.4 Å². The molecule has 0 bridgehead atoms. The molecule has 0 saturated heterocycles. The third-order valence-corrected chi connectivity index (χ3v) is 5.85. The Morgan fingerprint density at radius 2 is 1.54 bits per heavy atom. The molecule has 0 fully saturated rings. The zero-order chi connectivity index (χ0) is 25.5. The van der Waals surface area contributed by atoms with Crippen LogP contribution in [0.1, 0.15) is 27.2 Å². The SMILES string of the molecule is Cc1cc(Oc2c(C(F)(F)F)oc3cc(OC(=O)c4ccc(Cl)cc4)ccc3c2=O)cc(C)c1Cl. The largest absolute Gasteiger partial charge is 0.453 e. The van der Waals surface area contributed by atoms with Gasteiger partial charge in [0.15, 0.2) is 0 Å². The Labute approximate surface area is 206 Å². The maximum Gasteiger partial charge on any atom is 0.453 e. The van der Waals surface area contributed by atoms with Gasteiger partial charge in [-0.25, -0.2) is 4.79 Å². The lowest BCUT2D eigenvalue weighted by Gasteiger charge is -2.15. The second-order valence-corrected chi connectivity index (χ2v) is 8.43. The number of benzene rings is 3. The van der Waals surface area contributed by atoms with E-state index in [1.165, 1.54) is 48.5 Å². The van der Waals surface area contributed by atoms with Gasteiger partial charge in [0.25, 0.3) is 5.76 Å². The monoisotopic (exact) mass is 522 g/mol. The molecule has 35 heavy (non-hydrogen) atoms. The Balaban J connectivity index is 1.76. The quantitative estimate of drug-likeness (QED) is 0.202. The van der Waals surface area contributed by atoms with Crippen molar-refractivity contribution in [2.45, 2.75) is 20.0 Å². The summed E-state index contributed by atoms with van der Waals surface area (Å²) in [4.78, 5) is 25.3. The molecule has 0 unspecified atom stereocenters. The summed E-state index contributed by atoms with van der Waals surface area (Å²) in [6.07, 6.45) is -5.05. The fraction of sp³-hybridized carbons (Fsp3) is 0.120. The van der Waals surface area contributed by atoms with Gasteiger partial charge >= 0.3 is 12.1 Å². The summed E-state index contributed by atoms with van der Waals surface area (Å²) < 4.78 is 57.1. The molecule has 5 nitrogen and oxygen atoms in total. The van der Waals surface area contributed by atoms with E-state index in [2.05, 4.69) is 0 Å². The molecule has 0 aliphatic carbocycles. The first-order chi connectivity index (χ1) is 16.4. The molecule has 0 N–H and O–H groups in total. The molecule has 0 aliphatic rings. The van der Waals surface area contributed by atoms with Crippen LogP contribution in [-0.4, -0.2) is 5.97 Å². The van der Waals surface area contributed by atoms with Crippen LogP contribution in [0.4, 0.5) is 13.2 Å². The van der Waals surface area contributed by atoms with E-state index in [1.54, 1.807) is 13.8 Å². The average molecular weight is 523 g/mol. The highest BCUT2D eigenvalue weighted by molar-refractivity contribution is 6.32. The average Bonchev–Trinajstić information content (AvgIpc) is 2.78. The lowest BCUT2D eigenvalue weighted by molar-refractivity contribution is -0.154. The van der Waals surface area contributed by atoms with Crippen LogP contribution in [0, 0.1) is 13.8 Å². The standard InChI is InChI=1S/C25H15Cl2F3O5/c1-12-9-17(10-13(2)20(12)27)33-22-21(31)18-8-7-16(11-19(18)35-23(22)25(28,29)30)34-24(32)14-3-5-15(26)6-4-14/h3-11H,1-2H3. The molecule has 0 amide bonds. The van der Waals surface area contributed by atoms with Crippen molar-refractivity contribution in [2.24, 2.45) is 0 Å². The summed E-state index contributed by atoms with van der Waals surface area (Å²) in [7, 11) is 0. The topological polar surface area (TPSA) is 65.7 Å². The number of hydrogen-bond donors (Lipinski definition) is 0. The number of aryl methyl sites for hydroxylation is 2. The summed E-state index contributed by atoms with van der Waals surface area (Å²) in [5.74, 6) is -3.53. The first-order valence-electron chi connectivity index (χ1n) is 10.0. The fourth-order valence-electron chi connectivity index (χ4n) is 3.33. The summed E-state index contributed by atoms with van der Waals surface area (Å²) in [5.41, 5.74) is -0.178. The molecule has 1 heterocycles. The maximum absolute atomic E-state index is 13.8. The molecule has 4 rings (SSSR count). The molecule has 3 aromatic carbocycles. The number of alkyl halides is 3. The summed E-state index contributed by atoms with van der Waals surface area (Å²) in [5, 5.41) is 0.650. The van der Waals surface area contributed by atoms with Crippen molar-refractivity contribution in [1.82, 2.24) is 0 Å². The molecule has 0 radical (unpaired) electrons. The molecule has 180 valence electrons. The van der Waals surface area contributed by atoms with Crippen LogP contribution in [0.25, 0.3) is 11.0 Å². The van der Waals surface area contributed by atoms with E-state index < -0.39 is 34.7 Å². The molecule has 10 heteroatoms. The van der Waals surface area contributed by atoms with Crippen LogP contribution in [0.2, 0.25) is 10.0 Å². The lowest BCUT2D eigenvalue weighted by atomic mass is 10.1. The highest BCUT2D eigenvalue weighted by Crippen LogP contribution is 2.39. The minimum Gasteiger partial charge on any atom is -0.449 e. The van der Waals surface area contributed by atoms with Crippen LogP contribution in [0.5, 0.6) is 17.2 Å². The van der Waals surface area contributed by atoms with Crippen molar-refractivity contribution in [1.29, 1.82) is 0 Å². The van der Waals surface area contributed by atoms with Gasteiger partial charge in [-0.05, 0) is 73.5 Å². The Hall–Kier alpha value is -3.49. The van der Waals surface area contributed by atoms with Crippen LogP contribution >= 0.6 is 23.2 Å². The minimum atomic E-state index is -5.05. The first kappa shape index (κ1) is 24.6. The van der Waals surface area contributed by atoms with Gasteiger partial charge in [-0.3, -0.25) is 4.79 Å². The Morgan fingerprint density at radius 3 is 2.14 bits per heavy atom. The highest BCUT2D eigenvalue weighted by Gasteiger charge is 2.40. The summed E-state index contributed by atoms with van der Waals surface area (Å²) >= 11 is 11.9. The fourth-order valence-corrected chi connectivity index (χ4v) is 3.57. The molecular weight excluding hydrogens is 508 g/mol. The zero-order valence-electron chi connectivity index (χ0n) is 18.1. The van der Waals surface area contributed by atoms with E-state index in [0.717, 1.165) is 6.07 Å². The molecule has 0 spiro atoms. The summed E-state index contributed by atoms with van der Waals surface area (Å²) in [6.45, 7) is 3.31. The normalized spacial score (nSPS) is 11.5. The van der Waals surface area contributed by atoms with Gasteiger partial charge in [-0.2, -0.15) is 13.2 Å². The second-order valence-electron chi connectivity index (χ2n) is 7.61. The molecule has 0 saturated carbocycles. The first-order valence-corrected chi connectivity index (χ1v) is 10.8. The zero-order valence-corrected chi connectivity index (χ0v) is 19.6. The van der Waals surface area contributed by atoms with Crippen molar-refractivity contribution < 1.29 is 31.9 Å². The van der Waals surface area contributed by atoms with E-state index in [4.69, 9.17) is 37.1 Å². The highest BCUT2D eigenvalue weighted by atomic mass is 35.5. The van der Waals surface area contributed by atoms with E-state index in [9.17, 15) is 22.8 Å². The van der Waals surface area contributed by atoms with E-state index >= 15 is 0 Å². The van der Waals surface area contributed by atoms with Crippen molar-refractivity contribution in [3.63, 3.8) is 0 Å². The van der Waals surface area contributed by atoms with Crippen molar-refractivity contribution in [3.8, 4) is 17.2 Å². The molecule has 4 aromatic rings. The Kier molecular flexibility index (Phi) is 6.53. The second kappa shape index (κ2) is 9.28. The minimum absolute atomic E-state index is 0.00457. The Morgan fingerprint density at radius 1 is 0.914 bits per heavy atom. The van der Waals surface area contributed by atoms with Gasteiger partial charge in [0.2, 0.25) is 11.2 Å². The third kappa shape index (κ3) is 5.13. The van der Waals surface area contributed by atoms with Gasteiger partial charge in [0, 0.05) is 16.1 Å². The van der Waals surface area contributed by atoms with Gasteiger partial charge in [-0.1, -0.05) is 23.2 Å². The predicted molar refractivity (Wildman–Crippen MR) is 125 cm³/mol. The van der Waals surface area contributed by atoms with Crippen molar-refractivity contribution in [2.75, 3.05) is 0 Å². The van der Waals surface area contributed by atoms with Gasteiger partial charge < -0.3 is 13.9 Å². The molecule has 0 atom stereocenters. The lowest BCUT2D eigenvalue weighted by Crippen LogP contribution is -2.16. The van der Waals surface area contributed by atoms with Gasteiger partial charge in [0.05, 0.1) is 10.9 Å². The van der Waals surface area contributed by atoms with E-state index in [0.29, 0.717) is 21.2 Å². The van der Waals surface area contributed by atoms with E-state index in [1.807, 2.05) is 0 Å². The van der Waals surface area contributed by atoms with Crippen LogP contribution in [0.3, 0.4) is 0 Å². The number of carbonyl (C=O) groups is 1. The third-order valence-electron chi connectivity index (χ3n) is 5.00. The number of halogens is 5. The van der Waals surface area contributed by atoms with Crippen LogP contribution < -0.4 is 14.9 Å². The molecule has 0 aliphatic heterocycles. The Bertz CT molecular complexity index is 1490. The maximum atomic E-state index is 13.8. The number of carbonyl (C=O) groups excluding carboxylic acids is 1. The molecular formula is C25H15Cl2F3O5. The molecule has 1 aromatic heterocycles. The van der Waals surface area contributed by atoms with Crippen LogP contribution in [-0.2, 0) is 6.18 Å². The summed E-state index contributed by atoms with van der Waals surface area (Å²) in [6, 6.07) is 12.1. The number of esters is 1. The van der Waals surface area contributed by atoms with Gasteiger partial charge in [0.1, 0.15) is 17.1 Å². The number of rotatable bonds is 4. The smallest absolute Gasteiger partial charge is 0.449 e. The predicted octanol–water partition coefficient (Wildman–Crippen LogP) is 7.75. The van der Waals surface area contributed by atoms with Crippen molar-refractivity contribution in [3.05, 3.63) is 97.3 Å². The van der Waals surface area contributed by atoms with Crippen molar-refractivity contribution >= 4 is 40.1 Å². The van der Waals surface area contributed by atoms with Crippen LogP contribution in [0.15, 0.2) is 63.8 Å². The number of fused-ring (bicyclic) bond motifs is 1. The number of ether oxygens (including phenoxy) is 2. The number of hydrogen-bond acceptors (Lipinski definition) is 5. The van der Waals surface area contributed by atoms with Gasteiger partial charge in [-0.15, -0.1) is 0 Å².